The summed E-state index contributed by atoms with van der Waals surface area (Å²) in [5, 5.41) is 13.9. The summed E-state index contributed by atoms with van der Waals surface area (Å²) in [5.74, 6) is -0.207. The van der Waals surface area contributed by atoms with Crippen LogP contribution in [0.25, 0.3) is 0 Å². The van der Waals surface area contributed by atoms with Gasteiger partial charge in [-0.15, -0.1) is 0 Å². The molecule has 0 rings (SSSR count). The van der Waals surface area contributed by atoms with Crippen molar-refractivity contribution in [2.24, 2.45) is 0 Å². The van der Waals surface area contributed by atoms with Crippen LogP contribution in [0, 0.1) is 0 Å². The predicted molar refractivity (Wildman–Crippen MR) is 344 cm³/mol. The van der Waals surface area contributed by atoms with E-state index in [0.29, 0.717) is 17.4 Å². The molecule has 0 aliphatic carbocycles. The summed E-state index contributed by atoms with van der Waals surface area (Å²) >= 11 is 0. The molecule has 2 N–H and O–H groups in total. The van der Waals surface area contributed by atoms with E-state index in [9.17, 15) is 19.4 Å². The summed E-state index contributed by atoms with van der Waals surface area (Å²) in [7, 11) is 1.24. The molecule has 0 aliphatic rings. The highest BCUT2D eigenvalue weighted by molar-refractivity contribution is 7.45. The minimum atomic E-state index is -4.62. The first-order valence-electron chi connectivity index (χ1n) is 34.2. The van der Waals surface area contributed by atoms with E-state index in [0.717, 1.165) is 51.4 Å². The second-order valence-corrected chi connectivity index (χ2v) is 25.9. The molecule has 3 unspecified atom stereocenters. The van der Waals surface area contributed by atoms with Crippen molar-refractivity contribution < 1.29 is 32.9 Å². The van der Waals surface area contributed by atoms with Crippen LogP contribution in [-0.2, 0) is 18.4 Å². The molecule has 0 fully saturated rings. The number of carbonyl (C=O) groups is 1. The van der Waals surface area contributed by atoms with Gasteiger partial charge in [0.15, 0.2) is 0 Å². The van der Waals surface area contributed by atoms with Gasteiger partial charge < -0.3 is 28.8 Å². The van der Waals surface area contributed by atoms with Crippen molar-refractivity contribution >= 4 is 13.7 Å². The Hall–Kier alpha value is -1.80. The first-order valence-corrected chi connectivity index (χ1v) is 35.6. The molecule has 0 aromatic carbocycles. The summed E-state index contributed by atoms with van der Waals surface area (Å²) in [5.41, 5.74) is 0. The third kappa shape index (κ3) is 63.6. The van der Waals surface area contributed by atoms with Gasteiger partial charge in [0, 0.05) is 6.42 Å². The number of aliphatic hydroxyl groups is 1. The average Bonchev–Trinajstić information content (AvgIpc) is 3.42. The number of unbranched alkanes of at least 4 members (excludes halogenated alkanes) is 42. The lowest BCUT2D eigenvalue weighted by atomic mass is 10.0. The van der Waals surface area contributed by atoms with Crippen LogP contribution in [0.2, 0.25) is 0 Å². The molecule has 0 heterocycles. The fraction of sp³-hybridized carbons (Fsp3) is 0.843. The van der Waals surface area contributed by atoms with Crippen molar-refractivity contribution in [3.63, 3.8) is 0 Å². The predicted octanol–water partition coefficient (Wildman–Crippen LogP) is 21.0. The van der Waals surface area contributed by atoms with Gasteiger partial charge in [0.2, 0.25) is 5.91 Å². The number of amides is 1. The zero-order chi connectivity index (χ0) is 57.7. The molecule has 1 amide bonds. The number of nitrogens with one attached hydrogen (secondary N) is 1. The van der Waals surface area contributed by atoms with Crippen LogP contribution in [0.3, 0.4) is 0 Å². The van der Waals surface area contributed by atoms with Crippen molar-refractivity contribution in [3.8, 4) is 0 Å². The maximum absolute atomic E-state index is 13.0. The number of phosphoric ester groups is 1. The van der Waals surface area contributed by atoms with Crippen LogP contribution in [0.15, 0.2) is 60.8 Å². The zero-order valence-corrected chi connectivity index (χ0v) is 54.0. The third-order valence-corrected chi connectivity index (χ3v) is 16.4. The highest BCUT2D eigenvalue weighted by atomic mass is 31.2. The van der Waals surface area contributed by atoms with Gasteiger partial charge in [-0.3, -0.25) is 9.36 Å². The normalized spacial score (nSPS) is 14.1. The van der Waals surface area contributed by atoms with E-state index in [1.807, 2.05) is 27.2 Å². The van der Waals surface area contributed by atoms with Crippen molar-refractivity contribution in [1.29, 1.82) is 0 Å². The lowest BCUT2D eigenvalue weighted by Gasteiger charge is -2.29. The van der Waals surface area contributed by atoms with Crippen LogP contribution in [0.1, 0.15) is 328 Å². The highest BCUT2D eigenvalue weighted by Gasteiger charge is 2.23. The molecular weight excluding hydrogens is 996 g/mol. The highest BCUT2D eigenvalue weighted by Crippen LogP contribution is 2.38. The number of carbonyl (C=O) groups excluding carboxylic acids is 1. The van der Waals surface area contributed by atoms with Crippen molar-refractivity contribution in [2.75, 3.05) is 40.9 Å². The molecule has 0 saturated heterocycles. The van der Waals surface area contributed by atoms with Crippen LogP contribution in [0.5, 0.6) is 0 Å². The Morgan fingerprint density at radius 3 is 1.10 bits per heavy atom. The van der Waals surface area contributed by atoms with E-state index in [2.05, 4.69) is 67.8 Å². The maximum Gasteiger partial charge on any atom is 0.268 e. The molecule has 3 atom stereocenters. The topological polar surface area (TPSA) is 108 Å². The van der Waals surface area contributed by atoms with E-state index >= 15 is 0 Å². The van der Waals surface area contributed by atoms with Crippen molar-refractivity contribution in [3.05, 3.63) is 60.8 Å². The molecule has 0 aromatic rings. The van der Waals surface area contributed by atoms with Crippen molar-refractivity contribution in [2.45, 2.75) is 341 Å². The Morgan fingerprint density at radius 1 is 0.443 bits per heavy atom. The molecule has 464 valence electrons. The van der Waals surface area contributed by atoms with E-state index in [4.69, 9.17) is 9.05 Å². The van der Waals surface area contributed by atoms with E-state index in [-0.39, 0.29) is 12.5 Å². The molecule has 8 nitrogen and oxygen atoms in total. The smallest absolute Gasteiger partial charge is 0.268 e. The molecule has 0 bridgehead atoms. The summed E-state index contributed by atoms with van der Waals surface area (Å²) in [6.07, 6.45) is 83.4. The molecule has 0 saturated carbocycles. The number of quaternary nitrogens is 1. The van der Waals surface area contributed by atoms with Gasteiger partial charge in [-0.2, -0.15) is 0 Å². The van der Waals surface area contributed by atoms with Gasteiger partial charge in [0.05, 0.1) is 39.9 Å². The zero-order valence-electron chi connectivity index (χ0n) is 53.1. The SMILES string of the molecule is CCCCCCCCCCC/C=C\C/C=C\CCCCCCCCCCCCCCCCCCCC(=O)NC(COP(=O)([O-])OCC[N+](C)(C)C)C(O)/C=C/CC/C=C/CC/C=C/CCCCCCCCCCCCCCCC. The molecule has 0 radical (unpaired) electrons. The second kappa shape index (κ2) is 60.8. The van der Waals surface area contributed by atoms with Crippen LogP contribution in [-0.4, -0.2) is 68.5 Å². The van der Waals surface area contributed by atoms with Gasteiger partial charge in [-0.1, -0.05) is 306 Å². The van der Waals surface area contributed by atoms with Gasteiger partial charge in [-0.25, -0.2) is 0 Å². The summed E-state index contributed by atoms with van der Waals surface area (Å²) in [6.45, 7) is 4.66. The number of hydrogen-bond acceptors (Lipinski definition) is 6. The van der Waals surface area contributed by atoms with Crippen LogP contribution < -0.4 is 10.2 Å². The van der Waals surface area contributed by atoms with Crippen LogP contribution in [0.4, 0.5) is 0 Å². The molecule has 0 aromatic heterocycles. The number of nitrogens with zero attached hydrogens (tertiary/aromatic N) is 1. The monoisotopic (exact) mass is 1130 g/mol. The number of rotatable bonds is 63. The minimum absolute atomic E-state index is 0.00935. The third-order valence-electron chi connectivity index (χ3n) is 15.4. The van der Waals surface area contributed by atoms with Gasteiger partial charge in [0.25, 0.3) is 7.82 Å². The van der Waals surface area contributed by atoms with E-state index < -0.39 is 26.6 Å². The maximum atomic E-state index is 13.0. The fourth-order valence-corrected chi connectivity index (χ4v) is 10.8. The van der Waals surface area contributed by atoms with Gasteiger partial charge in [0.1, 0.15) is 13.2 Å². The lowest BCUT2D eigenvalue weighted by Crippen LogP contribution is -2.45. The summed E-state index contributed by atoms with van der Waals surface area (Å²) in [6, 6.07) is -0.912. The quantitative estimate of drug-likeness (QED) is 0.0272. The first-order chi connectivity index (χ1) is 38.5. The van der Waals surface area contributed by atoms with E-state index in [1.165, 1.54) is 257 Å². The Balaban J connectivity index is 4.11. The Bertz CT molecular complexity index is 1470. The Kier molecular flexibility index (Phi) is 59.4. The summed E-state index contributed by atoms with van der Waals surface area (Å²) in [4.78, 5) is 25.6. The van der Waals surface area contributed by atoms with Crippen molar-refractivity contribution in [1.82, 2.24) is 5.32 Å². The van der Waals surface area contributed by atoms with Gasteiger partial charge in [-0.05, 0) is 77.0 Å². The largest absolute Gasteiger partial charge is 0.756 e. The molecule has 0 aliphatic heterocycles. The Labute approximate surface area is 492 Å². The number of likely N-dealkylation sites (N-methyl/N-ethyl adjacent to an activating group) is 1. The van der Waals surface area contributed by atoms with Crippen LogP contribution >= 0.6 is 7.82 Å². The Morgan fingerprint density at radius 2 is 0.747 bits per heavy atom. The number of hydrogen-bond donors (Lipinski definition) is 2. The molecular formula is C70H133N2O6P. The number of phosphoric acid groups is 1. The second-order valence-electron chi connectivity index (χ2n) is 24.5. The molecule has 9 heteroatoms. The standard InChI is InChI=1S/C70H133N2O6P/c1-6-8-10-12-14-16-18-20-22-24-26-28-30-32-33-34-35-36-37-38-39-40-42-44-46-48-50-52-54-56-58-60-62-64-70(74)71-68(67-78-79(75,76)77-66-65-72(3,4)5)69(73)63-61-59-57-55-53-51-49-47-45-43-41-31-29-27-25-23-21-19-17-15-13-11-9-7-2/h26,28,32-33,45,47,53,55,61,63,68-69,73H,6-25,27,29-31,34-44,46,48-52,54,56-60,62,64-67H2,1-5H3,(H-,71,74,75,76)/b28-26-,33-32-,47-45+,55-53+,63-61+. The lowest BCUT2D eigenvalue weighted by molar-refractivity contribution is -0.870. The van der Waals surface area contributed by atoms with E-state index in [1.54, 1.807) is 6.08 Å². The number of allylic oxidation sites excluding steroid dienone is 9. The van der Waals surface area contributed by atoms with Gasteiger partial charge >= 0.3 is 0 Å². The number of aliphatic hydroxyl groups excluding tert-OH is 1. The average molecular weight is 1130 g/mol. The molecule has 79 heavy (non-hydrogen) atoms. The summed E-state index contributed by atoms with van der Waals surface area (Å²) < 4.78 is 23.4. The first kappa shape index (κ1) is 77.2. The minimum Gasteiger partial charge on any atom is -0.756 e. The fourth-order valence-electron chi connectivity index (χ4n) is 10.1. The molecule has 0 spiro atoms.